The average Bonchev–Trinajstić information content (AvgIpc) is 2.31. The van der Waals surface area contributed by atoms with Gasteiger partial charge in [0.05, 0.1) is 0 Å². The molecule has 0 fully saturated rings. The van der Waals surface area contributed by atoms with E-state index >= 15 is 0 Å². The maximum absolute atomic E-state index is 11.5. The summed E-state index contributed by atoms with van der Waals surface area (Å²) in [4.78, 5) is 11.5. The second kappa shape index (κ2) is 6.47. The van der Waals surface area contributed by atoms with Crippen molar-refractivity contribution in [3.8, 4) is 0 Å². The van der Waals surface area contributed by atoms with Gasteiger partial charge in [0, 0.05) is 23.3 Å². The Hall–Kier alpha value is -1.26. The van der Waals surface area contributed by atoms with Crippen molar-refractivity contribution in [2.24, 2.45) is 0 Å². The smallest absolute Gasteiger partial charge is 0.319 e. The van der Waals surface area contributed by atoms with Crippen LogP contribution in [0.15, 0.2) is 18.2 Å². The average molecular weight is 256 g/mol. The number of anilines is 1. The molecular weight excluding hydrogens is 238 g/mol. The Morgan fingerprint density at radius 2 is 2.18 bits per heavy atom. The summed E-state index contributed by atoms with van der Waals surface area (Å²) in [5.74, 6) is 0. The maximum Gasteiger partial charge on any atom is 0.319 e. The topological polar surface area (TPSA) is 53.2 Å². The fourth-order valence-corrected chi connectivity index (χ4v) is 1.37. The van der Waals surface area contributed by atoms with E-state index in [-0.39, 0.29) is 12.1 Å². The van der Waals surface area contributed by atoms with Gasteiger partial charge in [-0.3, -0.25) is 0 Å². The molecule has 4 nitrogen and oxygen atoms in total. The zero-order valence-electron chi connectivity index (χ0n) is 10.3. The molecule has 0 radical (unpaired) electrons. The van der Waals surface area contributed by atoms with E-state index in [4.69, 9.17) is 11.6 Å². The SMILES string of the molecule is CNC(C)CNC(=O)Nc1ccc(C)c(Cl)c1. The summed E-state index contributed by atoms with van der Waals surface area (Å²) in [5.41, 5.74) is 1.68. The molecule has 0 bridgehead atoms. The number of urea groups is 1. The van der Waals surface area contributed by atoms with Crippen LogP contribution in [-0.2, 0) is 0 Å². The van der Waals surface area contributed by atoms with E-state index in [0.29, 0.717) is 17.3 Å². The number of amides is 2. The standard InChI is InChI=1S/C12H18ClN3O/c1-8-4-5-10(6-11(8)13)16-12(17)15-7-9(2)14-3/h4-6,9,14H,7H2,1-3H3,(H2,15,16,17). The van der Waals surface area contributed by atoms with Crippen molar-refractivity contribution < 1.29 is 4.79 Å². The van der Waals surface area contributed by atoms with Crippen LogP contribution < -0.4 is 16.0 Å². The lowest BCUT2D eigenvalue weighted by Crippen LogP contribution is -2.39. The second-order valence-electron chi connectivity index (χ2n) is 3.99. The van der Waals surface area contributed by atoms with Gasteiger partial charge in [-0.25, -0.2) is 4.79 Å². The predicted molar refractivity (Wildman–Crippen MR) is 71.7 cm³/mol. The van der Waals surface area contributed by atoms with Crippen molar-refractivity contribution in [3.63, 3.8) is 0 Å². The van der Waals surface area contributed by atoms with E-state index in [1.165, 1.54) is 0 Å². The zero-order chi connectivity index (χ0) is 12.8. The number of rotatable bonds is 4. The fraction of sp³-hybridized carbons (Fsp3) is 0.417. The van der Waals surface area contributed by atoms with Crippen molar-refractivity contribution in [2.45, 2.75) is 19.9 Å². The summed E-state index contributed by atoms with van der Waals surface area (Å²) in [6.45, 7) is 4.48. The monoisotopic (exact) mass is 255 g/mol. The summed E-state index contributed by atoms with van der Waals surface area (Å²) in [6.07, 6.45) is 0. The third-order valence-corrected chi connectivity index (χ3v) is 2.90. The Kier molecular flexibility index (Phi) is 5.25. The van der Waals surface area contributed by atoms with Gasteiger partial charge in [0.2, 0.25) is 0 Å². The minimum Gasteiger partial charge on any atom is -0.336 e. The lowest BCUT2D eigenvalue weighted by molar-refractivity contribution is 0.251. The lowest BCUT2D eigenvalue weighted by Gasteiger charge is -2.12. The maximum atomic E-state index is 11.5. The van der Waals surface area contributed by atoms with Crippen molar-refractivity contribution in [3.05, 3.63) is 28.8 Å². The molecule has 3 N–H and O–H groups in total. The molecule has 0 heterocycles. The number of hydrogen-bond acceptors (Lipinski definition) is 2. The second-order valence-corrected chi connectivity index (χ2v) is 4.40. The lowest BCUT2D eigenvalue weighted by atomic mass is 10.2. The van der Waals surface area contributed by atoms with Gasteiger partial charge in [0.1, 0.15) is 0 Å². The Labute approximate surface area is 107 Å². The number of aryl methyl sites for hydroxylation is 1. The molecular formula is C12H18ClN3O. The van der Waals surface area contributed by atoms with E-state index < -0.39 is 0 Å². The molecule has 1 atom stereocenters. The van der Waals surface area contributed by atoms with Crippen LogP contribution in [0.3, 0.4) is 0 Å². The van der Waals surface area contributed by atoms with E-state index in [9.17, 15) is 4.79 Å². The molecule has 0 spiro atoms. The molecule has 2 amide bonds. The Morgan fingerprint density at radius 1 is 1.47 bits per heavy atom. The van der Waals surface area contributed by atoms with Crippen LogP contribution >= 0.6 is 11.6 Å². The number of carbonyl (C=O) groups is 1. The molecule has 1 unspecified atom stereocenters. The molecule has 1 aromatic carbocycles. The predicted octanol–water partition coefficient (Wildman–Crippen LogP) is 2.38. The molecule has 1 aromatic rings. The molecule has 0 aliphatic rings. The zero-order valence-corrected chi connectivity index (χ0v) is 11.1. The van der Waals surface area contributed by atoms with Crippen LogP contribution in [0.5, 0.6) is 0 Å². The van der Waals surface area contributed by atoms with Gasteiger partial charge in [-0.1, -0.05) is 17.7 Å². The Morgan fingerprint density at radius 3 is 2.76 bits per heavy atom. The summed E-state index contributed by atoms with van der Waals surface area (Å²) in [5, 5.41) is 9.17. The van der Waals surface area contributed by atoms with Gasteiger partial charge in [-0.05, 0) is 38.6 Å². The minimum absolute atomic E-state index is 0.230. The highest BCUT2D eigenvalue weighted by Gasteiger charge is 2.04. The summed E-state index contributed by atoms with van der Waals surface area (Å²) in [6, 6.07) is 5.43. The first kappa shape index (κ1) is 13.8. The number of carbonyl (C=O) groups excluding carboxylic acids is 1. The number of halogens is 1. The highest BCUT2D eigenvalue weighted by Crippen LogP contribution is 2.19. The van der Waals surface area contributed by atoms with Gasteiger partial charge in [0.25, 0.3) is 0 Å². The van der Waals surface area contributed by atoms with Crippen LogP contribution in [0.1, 0.15) is 12.5 Å². The molecule has 0 aromatic heterocycles. The third kappa shape index (κ3) is 4.63. The van der Waals surface area contributed by atoms with E-state index in [2.05, 4.69) is 16.0 Å². The fourth-order valence-electron chi connectivity index (χ4n) is 1.19. The summed E-state index contributed by atoms with van der Waals surface area (Å²) in [7, 11) is 1.85. The molecule has 0 aliphatic carbocycles. The van der Waals surface area contributed by atoms with Gasteiger partial charge in [-0.15, -0.1) is 0 Å². The van der Waals surface area contributed by atoms with Crippen LogP contribution in [-0.4, -0.2) is 25.7 Å². The van der Waals surface area contributed by atoms with Crippen LogP contribution in [0.4, 0.5) is 10.5 Å². The van der Waals surface area contributed by atoms with Crippen molar-refractivity contribution in [1.29, 1.82) is 0 Å². The Bertz CT molecular complexity index is 395. The first-order valence-corrected chi connectivity index (χ1v) is 5.89. The highest BCUT2D eigenvalue weighted by atomic mass is 35.5. The molecule has 0 aliphatic heterocycles. The molecule has 94 valence electrons. The number of nitrogens with one attached hydrogen (secondary N) is 3. The summed E-state index contributed by atoms with van der Waals surface area (Å²) >= 11 is 5.97. The van der Waals surface area contributed by atoms with E-state index in [1.807, 2.05) is 33.0 Å². The van der Waals surface area contributed by atoms with Crippen molar-refractivity contribution in [2.75, 3.05) is 18.9 Å². The molecule has 0 saturated heterocycles. The molecule has 0 saturated carbocycles. The van der Waals surface area contributed by atoms with Crippen LogP contribution in [0.25, 0.3) is 0 Å². The van der Waals surface area contributed by atoms with Gasteiger partial charge in [-0.2, -0.15) is 0 Å². The van der Waals surface area contributed by atoms with Crippen molar-refractivity contribution >= 4 is 23.3 Å². The molecule has 5 heteroatoms. The first-order chi connectivity index (χ1) is 8.02. The molecule has 17 heavy (non-hydrogen) atoms. The van der Waals surface area contributed by atoms with Crippen LogP contribution in [0, 0.1) is 6.92 Å². The third-order valence-electron chi connectivity index (χ3n) is 2.49. The van der Waals surface area contributed by atoms with Crippen LogP contribution in [0.2, 0.25) is 5.02 Å². The quantitative estimate of drug-likeness (QED) is 0.774. The van der Waals surface area contributed by atoms with E-state index in [0.717, 1.165) is 5.56 Å². The van der Waals surface area contributed by atoms with Gasteiger partial charge < -0.3 is 16.0 Å². The number of hydrogen-bond donors (Lipinski definition) is 3. The van der Waals surface area contributed by atoms with Gasteiger partial charge >= 0.3 is 6.03 Å². The van der Waals surface area contributed by atoms with E-state index in [1.54, 1.807) is 6.07 Å². The molecule has 1 rings (SSSR count). The van der Waals surface area contributed by atoms with Crippen molar-refractivity contribution in [1.82, 2.24) is 10.6 Å². The van der Waals surface area contributed by atoms with Gasteiger partial charge in [0.15, 0.2) is 0 Å². The minimum atomic E-state index is -0.230. The first-order valence-electron chi connectivity index (χ1n) is 5.51. The highest BCUT2D eigenvalue weighted by molar-refractivity contribution is 6.31. The summed E-state index contributed by atoms with van der Waals surface area (Å²) < 4.78 is 0. The Balaban J connectivity index is 2.48. The number of benzene rings is 1. The normalized spacial score (nSPS) is 12.0. The number of likely N-dealkylation sites (N-methyl/N-ethyl adjacent to an activating group) is 1. The largest absolute Gasteiger partial charge is 0.336 e.